The number of aliphatic carboxylic acids is 1. The molecule has 4 saturated heterocycles. The number of morpholine rings is 2. The summed E-state index contributed by atoms with van der Waals surface area (Å²) < 4.78 is 31.9. The number of carbonyl (C=O) groups excluding carboxylic acids is 4. The highest BCUT2D eigenvalue weighted by atomic mass is 79.9. The van der Waals surface area contributed by atoms with Gasteiger partial charge < -0.3 is 55.4 Å². The van der Waals surface area contributed by atoms with Crippen LogP contribution in [0.5, 0.6) is 0 Å². The molecule has 75 heavy (non-hydrogen) atoms. The third-order valence-electron chi connectivity index (χ3n) is 10.9. The first kappa shape index (κ1) is 62.4. The Morgan fingerprint density at radius 2 is 1.16 bits per heavy atom. The zero-order valence-electron chi connectivity index (χ0n) is 40.8. The van der Waals surface area contributed by atoms with Crippen LogP contribution in [0.2, 0.25) is 0 Å². The number of anilines is 5. The van der Waals surface area contributed by atoms with Gasteiger partial charge >= 0.3 is 12.1 Å². The number of carboxylic acid groups (broad SMARTS) is 1. The maximum atomic E-state index is 11.9. The number of nitrogens with zero attached hydrogens (tertiary/aromatic N) is 6. The lowest BCUT2D eigenvalue weighted by molar-refractivity contribution is -0.149. The molecule has 9 rings (SSSR count). The smallest absolute Gasteiger partial charge is 0.411 e. The van der Waals surface area contributed by atoms with Gasteiger partial charge in [0.25, 0.3) is 5.91 Å². The zero-order chi connectivity index (χ0) is 54.8. The number of hydrogen-bond donors (Lipinski definition) is 5. The van der Waals surface area contributed by atoms with Crippen molar-refractivity contribution in [1.82, 2.24) is 24.8 Å². The minimum absolute atomic E-state index is 0.00851. The maximum absolute atomic E-state index is 11.9. The summed E-state index contributed by atoms with van der Waals surface area (Å²) in [5, 5.41) is 17.3. The van der Waals surface area contributed by atoms with Crippen molar-refractivity contribution in [3.8, 4) is 0 Å². The van der Waals surface area contributed by atoms with Gasteiger partial charge in [-0.3, -0.25) is 19.3 Å². The van der Waals surface area contributed by atoms with Gasteiger partial charge in [0, 0.05) is 69.0 Å². The summed E-state index contributed by atoms with van der Waals surface area (Å²) in [7, 11) is 0. The van der Waals surface area contributed by atoms with Gasteiger partial charge in [0.2, 0.25) is 11.8 Å². The van der Waals surface area contributed by atoms with Gasteiger partial charge in [-0.15, -0.1) is 0 Å². The molecule has 5 aliphatic rings. The minimum Gasteiger partial charge on any atom is -0.480 e. The Bertz CT molecular complexity index is 2530. The quantitative estimate of drug-likeness (QED) is 0.124. The number of ether oxygens (including phenoxy) is 5. The fraction of sp³-hybridized carbons (Fsp3) is 0.468. The second-order valence-corrected chi connectivity index (χ2v) is 23.9. The molecular weight excluding hydrogens is 1440 g/mol. The Hall–Kier alpha value is -3.45. The SMILES string of the molecule is CC(C)(C)OC(=O)N1CCOCC1C(=O)O.Nc1ncc(Br)cc1Br.O=C(Nc1ncc(Br)cc1Br)C1CCCOC1.O=C(Nc1ncc(Br)cc1Br)C1CCCOC1.O=C1Nc2ncc(Br)cc2N2CCOCC12. The van der Waals surface area contributed by atoms with E-state index in [0.29, 0.717) is 56.3 Å². The normalized spacial score (nSPS) is 19.8. The monoisotopic (exact) mass is 1490 g/mol. The van der Waals surface area contributed by atoms with Crippen LogP contribution in [-0.4, -0.2) is 143 Å². The first-order chi connectivity index (χ1) is 35.6. The molecule has 4 atom stereocenters. The highest BCUT2D eigenvalue weighted by molar-refractivity contribution is 9.12. The number of nitrogens with two attached hydrogens (primary N) is 1. The third kappa shape index (κ3) is 20.4. The number of hydrogen-bond acceptors (Lipinski definition) is 16. The number of nitrogens with one attached hydrogen (secondary N) is 3. The molecule has 28 heteroatoms. The average molecular weight is 1500 g/mol. The van der Waals surface area contributed by atoms with Crippen LogP contribution < -0.4 is 26.6 Å². The van der Waals surface area contributed by atoms with Crippen molar-refractivity contribution in [2.24, 2.45) is 11.8 Å². The Labute approximate surface area is 492 Å². The van der Waals surface area contributed by atoms with E-state index in [-0.39, 0.29) is 48.8 Å². The molecule has 9 heterocycles. The Morgan fingerprint density at radius 1 is 0.680 bits per heavy atom. The Kier molecular flexibility index (Phi) is 25.5. The van der Waals surface area contributed by atoms with E-state index in [1.807, 2.05) is 24.3 Å². The predicted octanol–water partition coefficient (Wildman–Crippen LogP) is 9.84. The summed E-state index contributed by atoms with van der Waals surface area (Å²) in [6, 6.07) is 6.34. The number of amides is 4. The lowest BCUT2D eigenvalue weighted by Crippen LogP contribution is -2.55. The van der Waals surface area contributed by atoms with E-state index in [0.717, 1.165) is 82.4 Å². The fourth-order valence-corrected chi connectivity index (χ4v) is 10.7. The maximum Gasteiger partial charge on any atom is 0.411 e. The summed E-state index contributed by atoms with van der Waals surface area (Å²) in [6.07, 6.45) is 9.65. The van der Waals surface area contributed by atoms with Gasteiger partial charge in [-0.1, -0.05) is 0 Å². The highest BCUT2D eigenvalue weighted by Gasteiger charge is 2.37. The number of carboxylic acids is 1. The number of rotatable bonds is 5. The molecule has 4 aromatic heterocycles. The van der Waals surface area contributed by atoms with Gasteiger partial charge in [0.05, 0.1) is 70.6 Å². The van der Waals surface area contributed by atoms with E-state index in [2.05, 4.69) is 152 Å². The summed E-state index contributed by atoms with van der Waals surface area (Å²) in [5.74, 6) is 0.923. The lowest BCUT2D eigenvalue weighted by atomic mass is 10.0. The van der Waals surface area contributed by atoms with Crippen LogP contribution in [0, 0.1) is 11.8 Å². The van der Waals surface area contributed by atoms with Gasteiger partial charge in [-0.05, 0) is 182 Å². The molecule has 5 aliphatic heterocycles. The second kappa shape index (κ2) is 30.6. The fourth-order valence-electron chi connectivity index (χ4n) is 7.17. The average Bonchev–Trinajstić information content (AvgIpc) is 3.38. The van der Waals surface area contributed by atoms with Crippen molar-refractivity contribution in [2.75, 3.05) is 92.5 Å². The predicted molar refractivity (Wildman–Crippen MR) is 305 cm³/mol. The van der Waals surface area contributed by atoms with Crippen LogP contribution in [-0.2, 0) is 42.9 Å². The van der Waals surface area contributed by atoms with E-state index in [1.165, 1.54) is 4.90 Å². The molecule has 408 valence electrons. The first-order valence-corrected chi connectivity index (χ1v) is 28.7. The number of carbonyl (C=O) groups is 5. The van der Waals surface area contributed by atoms with Crippen molar-refractivity contribution in [3.05, 3.63) is 80.4 Å². The first-order valence-electron chi connectivity index (χ1n) is 23.2. The number of pyridine rings is 4. The molecule has 4 unspecified atom stereocenters. The van der Waals surface area contributed by atoms with Crippen LogP contribution in [0.25, 0.3) is 0 Å². The Balaban J connectivity index is 0.000000176. The molecule has 6 N–H and O–H groups in total. The van der Waals surface area contributed by atoms with E-state index < -0.39 is 23.7 Å². The standard InChI is InChI=1S/2C11H12Br2N2O2.C10H10BrN3O2.C10H17NO5.C5H4Br2N2/c2*12-8-4-9(13)10(14-5-8)15-11(16)7-2-1-3-17-6-7;11-6-3-7-9(12-4-6)13-10(15)8-5-16-2-1-14(7)8;1-10(2,3)16-9(14)11-4-5-15-6-7(11)8(12)13;6-3-1-4(7)5(8)9-2-3/h2*4-5,7H,1-3,6H2,(H,14,15,16);3-4,8H,1-2,5H2,(H,12,13,15);7H,4-6H2,1-3H3,(H,12,13);1-2H,(H2,8,9). The van der Waals surface area contributed by atoms with E-state index >= 15 is 0 Å². The van der Waals surface area contributed by atoms with Gasteiger partial charge in [-0.2, -0.15) is 0 Å². The summed E-state index contributed by atoms with van der Waals surface area (Å²) in [4.78, 5) is 77.9. The zero-order valence-corrected chi connectivity index (χ0v) is 51.9. The molecule has 0 aromatic carbocycles. The second-order valence-electron chi connectivity index (χ2n) is 17.7. The van der Waals surface area contributed by atoms with Crippen molar-refractivity contribution in [1.29, 1.82) is 0 Å². The molecule has 4 amide bonds. The van der Waals surface area contributed by atoms with Crippen molar-refractivity contribution in [2.45, 2.75) is 64.1 Å². The molecule has 21 nitrogen and oxygen atoms in total. The number of fused-ring (bicyclic) bond motifs is 3. The van der Waals surface area contributed by atoms with Crippen LogP contribution >= 0.6 is 112 Å². The Morgan fingerprint density at radius 3 is 1.64 bits per heavy atom. The molecule has 4 aromatic rings. The third-order valence-corrected chi connectivity index (χ3v) is 14.4. The largest absolute Gasteiger partial charge is 0.480 e. The lowest BCUT2D eigenvalue weighted by Gasteiger charge is -2.40. The highest BCUT2D eigenvalue weighted by Crippen LogP contribution is 2.34. The molecule has 0 bridgehead atoms. The molecular formula is C47H55Br7N10O11. The van der Waals surface area contributed by atoms with E-state index in [9.17, 15) is 24.0 Å². The van der Waals surface area contributed by atoms with Gasteiger partial charge in [-0.25, -0.2) is 29.5 Å². The van der Waals surface area contributed by atoms with Crippen molar-refractivity contribution >= 4 is 170 Å². The number of aromatic nitrogens is 4. The topological polar surface area (TPSA) is 272 Å². The van der Waals surface area contributed by atoms with E-state index in [1.54, 1.807) is 45.6 Å². The van der Waals surface area contributed by atoms with Crippen LogP contribution in [0.3, 0.4) is 0 Å². The molecule has 0 saturated carbocycles. The van der Waals surface area contributed by atoms with E-state index in [4.69, 9.17) is 34.5 Å². The molecule has 0 radical (unpaired) electrons. The summed E-state index contributed by atoms with van der Waals surface area (Å²) >= 11 is 23.2. The number of halogens is 7. The van der Waals surface area contributed by atoms with Crippen LogP contribution in [0.4, 0.5) is 33.8 Å². The van der Waals surface area contributed by atoms with Crippen molar-refractivity contribution in [3.63, 3.8) is 0 Å². The number of nitrogen functional groups attached to an aromatic ring is 1. The van der Waals surface area contributed by atoms with Gasteiger partial charge in [0.1, 0.15) is 29.1 Å². The summed E-state index contributed by atoms with van der Waals surface area (Å²) in [5.41, 5.74) is 5.74. The molecule has 0 spiro atoms. The minimum atomic E-state index is -1.08. The van der Waals surface area contributed by atoms with Gasteiger partial charge in [0.15, 0.2) is 11.9 Å². The van der Waals surface area contributed by atoms with Crippen molar-refractivity contribution < 1.29 is 52.8 Å². The molecule has 0 aliphatic carbocycles. The van der Waals surface area contributed by atoms with Crippen LogP contribution in [0.15, 0.2) is 80.4 Å². The summed E-state index contributed by atoms with van der Waals surface area (Å²) in [6.45, 7) is 10.1. The van der Waals surface area contributed by atoms with Crippen LogP contribution in [0.1, 0.15) is 46.5 Å². The molecule has 4 fully saturated rings.